The zero-order valence-corrected chi connectivity index (χ0v) is 11.3. The number of rotatable bonds is 8. The molecule has 0 aliphatic rings. The van der Waals surface area contributed by atoms with E-state index in [2.05, 4.69) is 17.0 Å². The summed E-state index contributed by atoms with van der Waals surface area (Å²) in [5.41, 5.74) is 2.30. The minimum absolute atomic E-state index is 0.576. The summed E-state index contributed by atoms with van der Waals surface area (Å²) >= 11 is 11.5. The van der Waals surface area contributed by atoms with Crippen molar-refractivity contribution in [3.8, 4) is 0 Å². The molecule has 0 aromatic heterocycles. The molecule has 0 N–H and O–H groups in total. The van der Waals surface area contributed by atoms with Gasteiger partial charge in [-0.25, -0.2) is 0 Å². The molecule has 0 atom stereocenters. The Bertz CT molecular complexity index is 321. The molecule has 17 heavy (non-hydrogen) atoms. The first-order valence-corrected chi connectivity index (χ1v) is 6.78. The summed E-state index contributed by atoms with van der Waals surface area (Å²) in [5, 5.41) is 0. The van der Waals surface area contributed by atoms with Crippen molar-refractivity contribution < 1.29 is 4.79 Å². The van der Waals surface area contributed by atoms with Crippen molar-refractivity contribution >= 4 is 35.2 Å². The number of halogens is 2. The van der Waals surface area contributed by atoms with Crippen LogP contribution in [0.1, 0.15) is 12.0 Å². The molecule has 2 nitrogen and oxygen atoms in total. The Balaban J connectivity index is 2.65. The number of aldehydes is 1. The number of carbonyl (C=O) groups is 1. The minimum atomic E-state index is 0.576. The number of hydrogen-bond donors (Lipinski definition) is 0. The summed E-state index contributed by atoms with van der Waals surface area (Å²) in [7, 11) is 0. The molecule has 4 heteroatoms. The van der Waals surface area contributed by atoms with Crippen molar-refractivity contribution in [3.63, 3.8) is 0 Å². The fourth-order valence-electron chi connectivity index (χ4n) is 1.67. The molecule has 0 aliphatic carbocycles. The molecule has 0 fully saturated rings. The molecular weight excluding hydrogens is 257 g/mol. The lowest BCUT2D eigenvalue weighted by Gasteiger charge is -2.23. The third kappa shape index (κ3) is 4.97. The quantitative estimate of drug-likeness (QED) is 0.536. The molecule has 0 heterocycles. The number of hydrogen-bond acceptors (Lipinski definition) is 2. The van der Waals surface area contributed by atoms with Crippen LogP contribution in [0.4, 0.5) is 5.69 Å². The Labute approximate surface area is 113 Å². The highest BCUT2D eigenvalue weighted by Gasteiger charge is 2.04. The van der Waals surface area contributed by atoms with Crippen LogP contribution in [0.2, 0.25) is 0 Å². The highest BCUT2D eigenvalue weighted by Crippen LogP contribution is 2.16. The number of aryl methyl sites for hydroxylation is 1. The molecule has 0 aliphatic heterocycles. The topological polar surface area (TPSA) is 20.3 Å². The summed E-state index contributed by atoms with van der Waals surface area (Å²) in [6.45, 7) is 1.59. The number of carbonyl (C=O) groups excluding carboxylic acids is 1. The predicted octanol–water partition coefficient (Wildman–Crippen LogP) is 3.10. The zero-order valence-electron chi connectivity index (χ0n) is 9.74. The van der Waals surface area contributed by atoms with Gasteiger partial charge in [0.25, 0.3) is 0 Å². The second-order valence-corrected chi connectivity index (χ2v) is 4.49. The average Bonchev–Trinajstić information content (AvgIpc) is 2.37. The zero-order chi connectivity index (χ0) is 12.5. The van der Waals surface area contributed by atoms with E-state index in [1.54, 1.807) is 0 Å². The van der Waals surface area contributed by atoms with Crippen molar-refractivity contribution in [3.05, 3.63) is 29.8 Å². The third-order valence-corrected chi connectivity index (χ3v) is 2.90. The fourth-order valence-corrected chi connectivity index (χ4v) is 2.08. The van der Waals surface area contributed by atoms with Crippen molar-refractivity contribution in [2.24, 2.45) is 0 Å². The molecule has 0 saturated heterocycles. The van der Waals surface area contributed by atoms with Gasteiger partial charge in [0.2, 0.25) is 0 Å². The molecule has 0 amide bonds. The van der Waals surface area contributed by atoms with Crippen molar-refractivity contribution in [2.45, 2.75) is 12.8 Å². The predicted molar refractivity (Wildman–Crippen MR) is 74.5 cm³/mol. The van der Waals surface area contributed by atoms with Crippen LogP contribution in [0.25, 0.3) is 0 Å². The second kappa shape index (κ2) is 8.37. The van der Waals surface area contributed by atoms with Gasteiger partial charge in [-0.2, -0.15) is 0 Å². The van der Waals surface area contributed by atoms with E-state index in [-0.39, 0.29) is 0 Å². The van der Waals surface area contributed by atoms with Crippen LogP contribution in [0.15, 0.2) is 24.3 Å². The van der Waals surface area contributed by atoms with Gasteiger partial charge in [-0.3, -0.25) is 0 Å². The SMILES string of the molecule is O=CCCc1ccc(N(CCCl)CCCl)cc1. The molecule has 1 aromatic rings. The molecule has 0 spiro atoms. The van der Waals surface area contributed by atoms with Gasteiger partial charge in [-0.05, 0) is 24.1 Å². The van der Waals surface area contributed by atoms with E-state index < -0.39 is 0 Å². The van der Waals surface area contributed by atoms with Gasteiger partial charge in [0, 0.05) is 37.0 Å². The van der Waals surface area contributed by atoms with Crippen molar-refractivity contribution in [2.75, 3.05) is 29.7 Å². The fraction of sp³-hybridized carbons (Fsp3) is 0.462. The lowest BCUT2D eigenvalue weighted by atomic mass is 10.1. The molecule has 1 rings (SSSR count). The van der Waals surface area contributed by atoms with Gasteiger partial charge in [0.1, 0.15) is 6.29 Å². The van der Waals surface area contributed by atoms with E-state index in [4.69, 9.17) is 23.2 Å². The van der Waals surface area contributed by atoms with Crippen LogP contribution < -0.4 is 4.90 Å². The molecule has 0 saturated carbocycles. The molecular formula is C13H17Cl2NO. The Hall–Kier alpha value is -0.730. The lowest BCUT2D eigenvalue weighted by Crippen LogP contribution is -2.27. The summed E-state index contributed by atoms with van der Waals surface area (Å²) in [4.78, 5) is 12.4. The molecule has 0 radical (unpaired) electrons. The number of nitrogens with zero attached hydrogens (tertiary/aromatic N) is 1. The molecule has 0 unspecified atom stereocenters. The van der Waals surface area contributed by atoms with Gasteiger partial charge in [0.05, 0.1) is 0 Å². The first-order chi connectivity index (χ1) is 8.31. The van der Waals surface area contributed by atoms with E-state index >= 15 is 0 Å². The largest absolute Gasteiger partial charge is 0.369 e. The monoisotopic (exact) mass is 273 g/mol. The Morgan fingerprint density at radius 3 is 2.12 bits per heavy atom. The number of anilines is 1. The van der Waals surface area contributed by atoms with E-state index in [1.807, 2.05) is 12.1 Å². The normalized spacial score (nSPS) is 10.2. The van der Waals surface area contributed by atoms with Crippen molar-refractivity contribution in [1.29, 1.82) is 0 Å². The Morgan fingerprint density at radius 1 is 1.06 bits per heavy atom. The van der Waals surface area contributed by atoms with Crippen LogP contribution >= 0.6 is 23.2 Å². The van der Waals surface area contributed by atoms with E-state index in [1.165, 1.54) is 5.56 Å². The van der Waals surface area contributed by atoms with Crippen LogP contribution in [0, 0.1) is 0 Å². The van der Waals surface area contributed by atoms with Gasteiger partial charge in [0.15, 0.2) is 0 Å². The summed E-state index contributed by atoms with van der Waals surface area (Å²) in [5.74, 6) is 1.17. The van der Waals surface area contributed by atoms with Crippen LogP contribution in [-0.4, -0.2) is 31.1 Å². The average molecular weight is 274 g/mol. The van der Waals surface area contributed by atoms with Crippen LogP contribution in [0.5, 0.6) is 0 Å². The van der Waals surface area contributed by atoms with Crippen LogP contribution in [-0.2, 0) is 11.2 Å². The van der Waals surface area contributed by atoms with Gasteiger partial charge in [-0.15, -0.1) is 23.2 Å². The Kier molecular flexibility index (Phi) is 7.06. The highest BCUT2D eigenvalue weighted by molar-refractivity contribution is 6.18. The van der Waals surface area contributed by atoms with E-state index in [0.29, 0.717) is 18.2 Å². The first kappa shape index (κ1) is 14.3. The highest BCUT2D eigenvalue weighted by atomic mass is 35.5. The number of alkyl halides is 2. The summed E-state index contributed by atoms with van der Waals surface area (Å²) in [6.07, 6.45) is 2.32. The van der Waals surface area contributed by atoms with E-state index in [0.717, 1.165) is 31.5 Å². The summed E-state index contributed by atoms with van der Waals surface area (Å²) in [6, 6.07) is 8.21. The molecule has 1 aromatic carbocycles. The molecule has 0 bridgehead atoms. The third-order valence-electron chi connectivity index (χ3n) is 2.56. The maximum absolute atomic E-state index is 10.3. The van der Waals surface area contributed by atoms with Crippen LogP contribution in [0.3, 0.4) is 0 Å². The second-order valence-electron chi connectivity index (χ2n) is 3.74. The summed E-state index contributed by atoms with van der Waals surface area (Å²) < 4.78 is 0. The maximum atomic E-state index is 10.3. The smallest absolute Gasteiger partial charge is 0.120 e. The maximum Gasteiger partial charge on any atom is 0.120 e. The Morgan fingerprint density at radius 2 is 1.65 bits per heavy atom. The first-order valence-electron chi connectivity index (χ1n) is 5.71. The van der Waals surface area contributed by atoms with Gasteiger partial charge >= 0.3 is 0 Å². The lowest BCUT2D eigenvalue weighted by molar-refractivity contribution is -0.107. The molecule has 94 valence electrons. The van der Waals surface area contributed by atoms with Crippen molar-refractivity contribution in [1.82, 2.24) is 0 Å². The van der Waals surface area contributed by atoms with E-state index in [9.17, 15) is 4.79 Å². The standard InChI is InChI=1S/C13H17Cl2NO/c14-7-9-16(10-8-15)13-5-3-12(4-6-13)2-1-11-17/h3-6,11H,1-2,7-10H2. The van der Waals surface area contributed by atoms with Gasteiger partial charge < -0.3 is 9.69 Å². The van der Waals surface area contributed by atoms with Gasteiger partial charge in [-0.1, -0.05) is 12.1 Å². The number of benzene rings is 1. The minimum Gasteiger partial charge on any atom is -0.369 e.